The highest BCUT2D eigenvalue weighted by Crippen LogP contribution is 2.18. The van der Waals surface area contributed by atoms with Crippen LogP contribution in [0.15, 0.2) is 48.5 Å². The van der Waals surface area contributed by atoms with Crippen molar-refractivity contribution in [1.82, 2.24) is 10.6 Å². The summed E-state index contributed by atoms with van der Waals surface area (Å²) in [6.07, 6.45) is 1.01. The molecule has 0 saturated heterocycles. The molecule has 1 unspecified atom stereocenters. The van der Waals surface area contributed by atoms with Crippen molar-refractivity contribution in [3.8, 4) is 0 Å². The lowest BCUT2D eigenvalue weighted by atomic mass is 9.96. The van der Waals surface area contributed by atoms with E-state index in [-0.39, 0.29) is 22.8 Å². The van der Waals surface area contributed by atoms with E-state index in [0.29, 0.717) is 30.3 Å². The smallest absolute Gasteiger partial charge is 0.253 e. The summed E-state index contributed by atoms with van der Waals surface area (Å²) in [5, 5.41) is 8.60. The number of benzene rings is 2. The molecule has 7 heteroatoms. The molecule has 2 aromatic carbocycles. The lowest BCUT2D eigenvalue weighted by molar-refractivity contribution is -0.120. The van der Waals surface area contributed by atoms with Crippen LogP contribution in [0, 0.1) is 5.92 Å². The highest BCUT2D eigenvalue weighted by Gasteiger charge is 2.18. The molecule has 3 N–H and O–H groups in total. The second-order valence-corrected chi connectivity index (χ2v) is 8.21. The molecule has 0 radical (unpaired) electrons. The van der Waals surface area contributed by atoms with Crippen LogP contribution in [-0.2, 0) is 16.0 Å². The third kappa shape index (κ3) is 7.77. The zero-order valence-corrected chi connectivity index (χ0v) is 19.3. The summed E-state index contributed by atoms with van der Waals surface area (Å²) in [4.78, 5) is 25.1. The fourth-order valence-electron chi connectivity index (χ4n) is 3.09. The number of hydrogen-bond acceptors (Lipinski definition) is 4. The van der Waals surface area contributed by atoms with Crippen molar-refractivity contribution in [3.63, 3.8) is 0 Å². The molecule has 0 aliphatic heterocycles. The zero-order chi connectivity index (χ0) is 22.8. The molecule has 0 aliphatic rings. The van der Waals surface area contributed by atoms with E-state index in [9.17, 15) is 9.59 Å². The van der Waals surface area contributed by atoms with Gasteiger partial charge < -0.3 is 20.7 Å². The first-order valence-corrected chi connectivity index (χ1v) is 10.8. The second kappa shape index (κ2) is 12.2. The molecule has 166 valence electrons. The number of nitrogens with one attached hydrogen (secondary N) is 3. The molecule has 0 saturated carbocycles. The van der Waals surface area contributed by atoms with E-state index in [1.807, 2.05) is 19.1 Å². The Hall–Kier alpha value is -2.77. The Morgan fingerprint density at radius 3 is 2.35 bits per heavy atom. The number of carbonyl (C=O) groups excluding carboxylic acids is 2. The molecular formula is C24H31N3O3S. The van der Waals surface area contributed by atoms with Crippen LogP contribution in [0.3, 0.4) is 0 Å². The van der Waals surface area contributed by atoms with Crippen molar-refractivity contribution in [3.05, 3.63) is 65.2 Å². The highest BCUT2D eigenvalue weighted by molar-refractivity contribution is 7.80. The van der Waals surface area contributed by atoms with E-state index in [0.717, 1.165) is 12.0 Å². The van der Waals surface area contributed by atoms with Gasteiger partial charge in [-0.05, 0) is 54.7 Å². The number of hydrogen-bond donors (Lipinski definition) is 3. The summed E-state index contributed by atoms with van der Waals surface area (Å²) in [6.45, 7) is 7.02. The van der Waals surface area contributed by atoms with Crippen molar-refractivity contribution in [2.24, 2.45) is 5.92 Å². The lowest BCUT2D eigenvalue weighted by Gasteiger charge is -2.16. The molecule has 1 atom stereocenters. The van der Waals surface area contributed by atoms with Gasteiger partial charge in [0.25, 0.3) is 5.91 Å². The van der Waals surface area contributed by atoms with Crippen LogP contribution in [0.25, 0.3) is 0 Å². The van der Waals surface area contributed by atoms with Gasteiger partial charge in [0, 0.05) is 13.7 Å². The van der Waals surface area contributed by atoms with Gasteiger partial charge in [-0.25, -0.2) is 0 Å². The van der Waals surface area contributed by atoms with Crippen LogP contribution >= 0.6 is 12.2 Å². The standard InChI is InChI=1S/C24H31N3O3S/c1-16(2)15-18-9-11-19(12-10-18)17(3)22(28)27-24(31)26-21-8-6-5-7-20(21)23(29)25-13-14-30-4/h5-12,16-17H,13-15H2,1-4H3,(H,25,29)(H2,26,27,28,31). The molecule has 2 aromatic rings. The topological polar surface area (TPSA) is 79.5 Å². The fourth-order valence-corrected chi connectivity index (χ4v) is 3.30. The van der Waals surface area contributed by atoms with Crippen LogP contribution in [-0.4, -0.2) is 37.2 Å². The molecule has 0 heterocycles. The van der Waals surface area contributed by atoms with Gasteiger partial charge in [0.1, 0.15) is 0 Å². The van der Waals surface area contributed by atoms with Crippen molar-refractivity contribution in [2.75, 3.05) is 25.6 Å². The summed E-state index contributed by atoms with van der Waals surface area (Å²) < 4.78 is 4.95. The van der Waals surface area contributed by atoms with Crippen molar-refractivity contribution >= 4 is 34.8 Å². The van der Waals surface area contributed by atoms with Gasteiger partial charge >= 0.3 is 0 Å². The molecule has 0 fully saturated rings. The first-order valence-electron chi connectivity index (χ1n) is 10.4. The Morgan fingerprint density at radius 2 is 1.71 bits per heavy atom. The van der Waals surface area contributed by atoms with E-state index < -0.39 is 0 Å². The third-order valence-electron chi connectivity index (χ3n) is 4.77. The number of para-hydroxylation sites is 1. The highest BCUT2D eigenvalue weighted by atomic mass is 32.1. The van der Waals surface area contributed by atoms with Gasteiger partial charge in [-0.1, -0.05) is 50.2 Å². The molecule has 0 aromatic heterocycles. The van der Waals surface area contributed by atoms with Crippen LogP contribution in [0.1, 0.15) is 48.2 Å². The number of carbonyl (C=O) groups is 2. The Balaban J connectivity index is 1.98. The first-order chi connectivity index (χ1) is 14.8. The number of ether oxygens (including phenoxy) is 1. The summed E-state index contributed by atoms with van der Waals surface area (Å²) in [5.74, 6) is -0.235. The van der Waals surface area contributed by atoms with Gasteiger partial charge in [0.2, 0.25) is 5.91 Å². The SMILES string of the molecule is COCCNC(=O)c1ccccc1NC(=S)NC(=O)C(C)c1ccc(CC(C)C)cc1. The molecule has 6 nitrogen and oxygen atoms in total. The molecule has 2 amide bonds. The molecule has 2 rings (SSSR count). The second-order valence-electron chi connectivity index (χ2n) is 7.80. The molecule has 31 heavy (non-hydrogen) atoms. The van der Waals surface area contributed by atoms with Crippen LogP contribution in [0.2, 0.25) is 0 Å². The molecular weight excluding hydrogens is 410 g/mol. The number of amides is 2. The predicted octanol–water partition coefficient (Wildman–Crippen LogP) is 3.88. The van der Waals surface area contributed by atoms with Crippen LogP contribution < -0.4 is 16.0 Å². The third-order valence-corrected chi connectivity index (χ3v) is 4.97. The zero-order valence-electron chi connectivity index (χ0n) is 18.5. The van der Waals surface area contributed by atoms with Gasteiger partial charge in [-0.2, -0.15) is 0 Å². The number of thiocarbonyl (C=S) groups is 1. The molecule has 0 bridgehead atoms. The average molecular weight is 442 g/mol. The van der Waals surface area contributed by atoms with Gasteiger partial charge in [-0.15, -0.1) is 0 Å². The number of rotatable bonds is 9. The summed E-state index contributed by atoms with van der Waals surface area (Å²) >= 11 is 5.31. The minimum Gasteiger partial charge on any atom is -0.383 e. The largest absolute Gasteiger partial charge is 0.383 e. The van der Waals surface area contributed by atoms with E-state index in [1.165, 1.54) is 5.56 Å². The molecule has 0 aliphatic carbocycles. The monoisotopic (exact) mass is 441 g/mol. The van der Waals surface area contributed by atoms with Gasteiger partial charge in [-0.3, -0.25) is 9.59 Å². The quantitative estimate of drug-likeness (QED) is 0.407. The van der Waals surface area contributed by atoms with Crippen LogP contribution in [0.4, 0.5) is 5.69 Å². The van der Waals surface area contributed by atoms with Gasteiger partial charge in [0.15, 0.2) is 5.11 Å². The normalized spacial score (nSPS) is 11.6. The van der Waals surface area contributed by atoms with E-state index >= 15 is 0 Å². The lowest BCUT2D eigenvalue weighted by Crippen LogP contribution is -2.37. The van der Waals surface area contributed by atoms with Crippen molar-refractivity contribution in [1.29, 1.82) is 0 Å². The number of anilines is 1. The summed E-state index contributed by atoms with van der Waals surface area (Å²) in [6, 6.07) is 15.1. The maximum atomic E-state index is 12.7. The first kappa shape index (κ1) is 24.5. The Labute approximate surface area is 189 Å². The Bertz CT molecular complexity index is 897. The Morgan fingerprint density at radius 1 is 1.03 bits per heavy atom. The predicted molar refractivity (Wildman–Crippen MR) is 128 cm³/mol. The van der Waals surface area contributed by atoms with E-state index in [2.05, 4.69) is 41.9 Å². The number of methoxy groups -OCH3 is 1. The Kier molecular flexibility index (Phi) is 9.62. The summed E-state index contributed by atoms with van der Waals surface area (Å²) in [7, 11) is 1.57. The maximum absolute atomic E-state index is 12.7. The van der Waals surface area contributed by atoms with Crippen molar-refractivity contribution < 1.29 is 14.3 Å². The minimum absolute atomic E-state index is 0.144. The van der Waals surface area contributed by atoms with Crippen LogP contribution in [0.5, 0.6) is 0 Å². The fraction of sp³-hybridized carbons (Fsp3) is 0.375. The van der Waals surface area contributed by atoms with E-state index in [1.54, 1.807) is 31.4 Å². The van der Waals surface area contributed by atoms with Crippen molar-refractivity contribution in [2.45, 2.75) is 33.1 Å². The minimum atomic E-state index is -0.361. The maximum Gasteiger partial charge on any atom is 0.253 e. The molecule has 0 spiro atoms. The van der Waals surface area contributed by atoms with E-state index in [4.69, 9.17) is 17.0 Å². The van der Waals surface area contributed by atoms with Gasteiger partial charge in [0.05, 0.1) is 23.8 Å². The average Bonchev–Trinajstić information content (AvgIpc) is 2.73. The summed E-state index contributed by atoms with van der Waals surface area (Å²) in [5.41, 5.74) is 3.13.